The molecule has 1 unspecified atom stereocenters. The molecule has 0 aliphatic carbocycles. The summed E-state index contributed by atoms with van der Waals surface area (Å²) in [7, 11) is 3.25. The molecule has 1 fully saturated rings. The molecule has 0 N–H and O–H groups in total. The predicted molar refractivity (Wildman–Crippen MR) is 161 cm³/mol. The molecule has 2 amide bonds. The fourth-order valence-corrected chi connectivity index (χ4v) is 5.85. The molecule has 8 heteroatoms. The van der Waals surface area contributed by atoms with Gasteiger partial charge in [-0.15, -0.1) is 11.3 Å². The van der Waals surface area contributed by atoms with Crippen molar-refractivity contribution in [2.45, 2.75) is 90.2 Å². The third kappa shape index (κ3) is 10.8. The van der Waals surface area contributed by atoms with E-state index >= 15 is 0 Å². The van der Waals surface area contributed by atoms with E-state index < -0.39 is 0 Å². The zero-order valence-electron chi connectivity index (χ0n) is 24.7. The highest BCUT2D eigenvalue weighted by molar-refractivity contribution is 7.09. The van der Waals surface area contributed by atoms with Crippen molar-refractivity contribution in [3.8, 4) is 11.5 Å². The van der Waals surface area contributed by atoms with Gasteiger partial charge in [-0.1, -0.05) is 57.6 Å². The minimum absolute atomic E-state index is 0.0169. The van der Waals surface area contributed by atoms with Gasteiger partial charge in [-0.2, -0.15) is 0 Å². The molecule has 7 nitrogen and oxygen atoms in total. The summed E-state index contributed by atoms with van der Waals surface area (Å²) in [6, 6.07) is 9.92. The van der Waals surface area contributed by atoms with Crippen LogP contribution in [0.1, 0.15) is 81.6 Å². The van der Waals surface area contributed by atoms with Gasteiger partial charge in [0.25, 0.3) is 0 Å². The lowest BCUT2D eigenvalue weighted by Crippen LogP contribution is -2.45. The Bertz CT molecular complexity index is 1010. The number of amides is 2. The lowest BCUT2D eigenvalue weighted by Gasteiger charge is -2.29. The number of thiophene rings is 1. The summed E-state index contributed by atoms with van der Waals surface area (Å²) in [5.74, 6) is 1.39. The highest BCUT2D eigenvalue weighted by Gasteiger charge is 2.26. The Labute approximate surface area is 244 Å². The lowest BCUT2D eigenvalue weighted by atomic mass is 10.1. The van der Waals surface area contributed by atoms with Crippen LogP contribution in [-0.2, 0) is 27.3 Å². The summed E-state index contributed by atoms with van der Waals surface area (Å²) in [4.78, 5) is 31.8. The van der Waals surface area contributed by atoms with Crippen LogP contribution >= 0.6 is 11.3 Å². The summed E-state index contributed by atoms with van der Waals surface area (Å²) in [5, 5.41) is 2.03. The molecule has 1 atom stereocenters. The smallest absolute Gasteiger partial charge is 0.242 e. The van der Waals surface area contributed by atoms with Crippen LogP contribution < -0.4 is 9.47 Å². The standard InChI is InChI=1S/C32H48N2O5S/c1-4-5-6-7-8-9-10-15-31(35)34(23-27-13-11-20-39-27)25-32(36)33(24-28-14-12-21-40-28)19-18-26-16-17-29(37-2)30(22-26)38-3/h12,14,16-17,21-22,27H,4-11,13,15,18-20,23-25H2,1-3H3. The van der Waals surface area contributed by atoms with Crippen LogP contribution in [-0.4, -0.2) is 68.2 Å². The van der Waals surface area contributed by atoms with E-state index in [0.717, 1.165) is 42.7 Å². The number of methoxy groups -OCH3 is 2. The van der Waals surface area contributed by atoms with Crippen LogP contribution in [0.2, 0.25) is 0 Å². The molecule has 0 radical (unpaired) electrons. The number of hydrogen-bond acceptors (Lipinski definition) is 6. The van der Waals surface area contributed by atoms with E-state index in [0.29, 0.717) is 44.0 Å². The third-order valence-corrected chi connectivity index (χ3v) is 8.38. The molecule has 2 aromatic rings. The van der Waals surface area contributed by atoms with Crippen molar-refractivity contribution in [2.24, 2.45) is 0 Å². The first kappa shape index (κ1) is 31.9. The van der Waals surface area contributed by atoms with Crippen LogP contribution in [0.15, 0.2) is 35.7 Å². The van der Waals surface area contributed by atoms with Crippen LogP contribution in [0.25, 0.3) is 0 Å². The molecule has 1 aliphatic heterocycles. The fraction of sp³-hybridized carbons (Fsp3) is 0.625. The Morgan fingerprint density at radius 1 is 0.975 bits per heavy atom. The zero-order valence-corrected chi connectivity index (χ0v) is 25.5. The Morgan fingerprint density at radius 3 is 2.42 bits per heavy atom. The van der Waals surface area contributed by atoms with E-state index in [9.17, 15) is 9.59 Å². The van der Waals surface area contributed by atoms with Gasteiger partial charge in [0.1, 0.15) is 0 Å². The maximum Gasteiger partial charge on any atom is 0.242 e. The predicted octanol–water partition coefficient (Wildman–Crippen LogP) is 6.48. The van der Waals surface area contributed by atoms with Crippen LogP contribution in [0, 0.1) is 0 Å². The van der Waals surface area contributed by atoms with Gasteiger partial charge in [-0.05, 0) is 54.8 Å². The summed E-state index contributed by atoms with van der Waals surface area (Å²) < 4.78 is 16.7. The highest BCUT2D eigenvalue weighted by atomic mass is 32.1. The van der Waals surface area contributed by atoms with Gasteiger partial charge in [-0.25, -0.2) is 0 Å². The Balaban J connectivity index is 1.63. The van der Waals surface area contributed by atoms with Crippen LogP contribution in [0.4, 0.5) is 0 Å². The molecular formula is C32H48N2O5S. The van der Waals surface area contributed by atoms with Crippen molar-refractivity contribution in [1.29, 1.82) is 0 Å². The lowest BCUT2D eigenvalue weighted by molar-refractivity contribution is -0.142. The summed E-state index contributed by atoms with van der Waals surface area (Å²) in [6.07, 6.45) is 11.3. The fourth-order valence-electron chi connectivity index (χ4n) is 5.13. The summed E-state index contributed by atoms with van der Waals surface area (Å²) in [5.41, 5.74) is 1.06. The van der Waals surface area contributed by atoms with Crippen LogP contribution in [0.5, 0.6) is 11.5 Å². The van der Waals surface area contributed by atoms with Crippen molar-refractivity contribution in [1.82, 2.24) is 9.80 Å². The number of benzene rings is 1. The monoisotopic (exact) mass is 572 g/mol. The van der Waals surface area contributed by atoms with Crippen molar-refractivity contribution in [3.63, 3.8) is 0 Å². The molecule has 1 aromatic carbocycles. The quantitative estimate of drug-likeness (QED) is 0.180. The number of carbonyl (C=O) groups is 2. The first-order chi connectivity index (χ1) is 19.5. The number of hydrogen-bond donors (Lipinski definition) is 0. The third-order valence-electron chi connectivity index (χ3n) is 7.52. The zero-order chi connectivity index (χ0) is 28.6. The van der Waals surface area contributed by atoms with Crippen molar-refractivity contribution in [2.75, 3.05) is 40.5 Å². The Morgan fingerprint density at radius 2 is 1.75 bits per heavy atom. The largest absolute Gasteiger partial charge is 0.493 e. The number of nitrogens with zero attached hydrogens (tertiary/aromatic N) is 2. The number of rotatable bonds is 19. The second-order valence-electron chi connectivity index (χ2n) is 10.6. The van der Waals surface area contributed by atoms with Crippen molar-refractivity contribution < 1.29 is 23.8 Å². The SMILES string of the molecule is CCCCCCCCCC(=O)N(CC(=O)N(CCc1ccc(OC)c(OC)c1)Cc1cccs1)CC1CCCO1. The Hall–Kier alpha value is -2.58. The van der Waals surface area contributed by atoms with Gasteiger partial charge in [0.15, 0.2) is 11.5 Å². The topological polar surface area (TPSA) is 68.3 Å². The molecule has 1 saturated heterocycles. The molecule has 40 heavy (non-hydrogen) atoms. The molecule has 1 aliphatic rings. The molecular weight excluding hydrogens is 524 g/mol. The summed E-state index contributed by atoms with van der Waals surface area (Å²) in [6.45, 7) is 4.61. The van der Waals surface area contributed by atoms with E-state index in [-0.39, 0.29) is 24.5 Å². The van der Waals surface area contributed by atoms with E-state index in [1.807, 2.05) is 34.5 Å². The second kappa shape index (κ2) is 18.0. The molecule has 0 spiro atoms. The number of ether oxygens (including phenoxy) is 3. The van der Waals surface area contributed by atoms with E-state index in [1.165, 1.54) is 32.1 Å². The second-order valence-corrected chi connectivity index (χ2v) is 11.6. The molecule has 222 valence electrons. The van der Waals surface area contributed by atoms with Gasteiger partial charge in [0.05, 0.1) is 33.4 Å². The normalized spacial score (nSPS) is 14.7. The average Bonchev–Trinajstić information content (AvgIpc) is 3.68. The molecule has 3 rings (SSSR count). The summed E-state index contributed by atoms with van der Waals surface area (Å²) >= 11 is 1.64. The maximum absolute atomic E-state index is 13.7. The molecule has 0 saturated carbocycles. The van der Waals surface area contributed by atoms with Crippen molar-refractivity contribution >= 4 is 23.2 Å². The molecule has 2 heterocycles. The first-order valence-corrected chi connectivity index (χ1v) is 15.8. The van der Waals surface area contributed by atoms with Gasteiger partial charge >= 0.3 is 0 Å². The Kier molecular flexibility index (Phi) is 14.4. The number of unbranched alkanes of at least 4 members (excludes halogenated alkanes) is 6. The van der Waals surface area contributed by atoms with Gasteiger partial charge in [0, 0.05) is 31.0 Å². The average molecular weight is 573 g/mol. The van der Waals surface area contributed by atoms with Gasteiger partial charge in [-0.3, -0.25) is 9.59 Å². The molecule has 0 bridgehead atoms. The maximum atomic E-state index is 13.7. The van der Waals surface area contributed by atoms with E-state index in [1.54, 1.807) is 30.5 Å². The van der Waals surface area contributed by atoms with E-state index in [4.69, 9.17) is 14.2 Å². The van der Waals surface area contributed by atoms with Gasteiger partial charge in [0.2, 0.25) is 11.8 Å². The van der Waals surface area contributed by atoms with Crippen LogP contribution in [0.3, 0.4) is 0 Å². The van der Waals surface area contributed by atoms with Gasteiger partial charge < -0.3 is 24.0 Å². The minimum atomic E-state index is -0.0280. The minimum Gasteiger partial charge on any atom is -0.493 e. The van der Waals surface area contributed by atoms with E-state index in [2.05, 4.69) is 13.0 Å². The van der Waals surface area contributed by atoms with Crippen molar-refractivity contribution in [3.05, 3.63) is 46.2 Å². The molecule has 1 aromatic heterocycles. The number of carbonyl (C=O) groups excluding carboxylic acids is 2. The highest BCUT2D eigenvalue weighted by Crippen LogP contribution is 2.28. The first-order valence-electron chi connectivity index (χ1n) is 14.9.